The predicted molar refractivity (Wildman–Crippen MR) is 109 cm³/mol. The van der Waals surface area contributed by atoms with Crippen LogP contribution in [0.3, 0.4) is 0 Å². The van der Waals surface area contributed by atoms with E-state index < -0.39 is 5.97 Å². The largest absolute Gasteiger partial charge is 0.467 e. The van der Waals surface area contributed by atoms with Crippen molar-refractivity contribution in [2.45, 2.75) is 19.8 Å². The molecule has 0 bridgehead atoms. The Morgan fingerprint density at radius 3 is 2.03 bits per heavy atom. The van der Waals surface area contributed by atoms with Crippen LogP contribution in [0.15, 0.2) is 36.4 Å². The molecule has 0 spiro atoms. The Hall–Kier alpha value is -3.01. The second-order valence-corrected chi connectivity index (χ2v) is 6.43. The molecule has 0 radical (unpaired) electrons. The van der Waals surface area contributed by atoms with Crippen molar-refractivity contribution in [1.82, 2.24) is 0 Å². The van der Waals surface area contributed by atoms with Crippen molar-refractivity contribution in [3.8, 4) is 23.3 Å². The van der Waals surface area contributed by atoms with Crippen molar-refractivity contribution in [3.05, 3.63) is 58.7 Å². The topological polar surface area (TPSA) is 63.2 Å². The standard InChI is InChI=1S/C23H26O6/c1-16(2)22-20(28-14-25-3)12-17(13-21(22)29-15-26-4)10-11-18-8-6-7-9-19(18)23(24)27-5/h6-9,12-13,16H,14-15H2,1-5H3. The Bertz CT molecular complexity index is 863. The maximum Gasteiger partial charge on any atom is 0.339 e. The van der Waals surface area contributed by atoms with Crippen LogP contribution in [-0.2, 0) is 14.2 Å². The highest BCUT2D eigenvalue weighted by atomic mass is 16.7. The Kier molecular flexibility index (Phi) is 8.53. The van der Waals surface area contributed by atoms with Gasteiger partial charge >= 0.3 is 5.97 Å². The number of hydrogen-bond donors (Lipinski definition) is 0. The van der Waals surface area contributed by atoms with Crippen LogP contribution in [0.4, 0.5) is 0 Å². The fourth-order valence-electron chi connectivity index (χ4n) is 2.75. The fourth-order valence-corrected chi connectivity index (χ4v) is 2.75. The van der Waals surface area contributed by atoms with Gasteiger partial charge in [-0.2, -0.15) is 0 Å². The van der Waals surface area contributed by atoms with Crippen molar-refractivity contribution < 1.29 is 28.5 Å². The third kappa shape index (κ3) is 5.98. The van der Waals surface area contributed by atoms with Gasteiger partial charge in [0.2, 0.25) is 0 Å². The average Bonchev–Trinajstić information content (AvgIpc) is 2.73. The van der Waals surface area contributed by atoms with Crippen molar-refractivity contribution in [2.24, 2.45) is 0 Å². The third-order valence-electron chi connectivity index (χ3n) is 4.02. The second-order valence-electron chi connectivity index (χ2n) is 6.43. The number of methoxy groups -OCH3 is 3. The zero-order chi connectivity index (χ0) is 21.2. The summed E-state index contributed by atoms with van der Waals surface area (Å²) >= 11 is 0. The molecule has 0 aliphatic rings. The van der Waals surface area contributed by atoms with Gasteiger partial charge in [-0.3, -0.25) is 0 Å². The maximum absolute atomic E-state index is 12.0. The van der Waals surface area contributed by atoms with Gasteiger partial charge in [-0.15, -0.1) is 0 Å². The lowest BCUT2D eigenvalue weighted by molar-refractivity contribution is 0.0443. The summed E-state index contributed by atoms with van der Waals surface area (Å²) in [7, 11) is 4.46. The molecule has 2 aromatic rings. The highest BCUT2D eigenvalue weighted by Crippen LogP contribution is 2.36. The molecule has 0 saturated carbocycles. The summed E-state index contributed by atoms with van der Waals surface area (Å²) in [6.07, 6.45) is 0. The van der Waals surface area contributed by atoms with Crippen LogP contribution in [0.2, 0.25) is 0 Å². The minimum Gasteiger partial charge on any atom is -0.467 e. The van der Waals surface area contributed by atoms with Gasteiger partial charge in [-0.25, -0.2) is 4.79 Å². The van der Waals surface area contributed by atoms with Gasteiger partial charge in [-0.05, 0) is 30.2 Å². The van der Waals surface area contributed by atoms with E-state index in [1.54, 1.807) is 32.4 Å². The summed E-state index contributed by atoms with van der Waals surface area (Å²) < 4.78 is 26.4. The van der Waals surface area contributed by atoms with Crippen LogP contribution in [0.25, 0.3) is 0 Å². The van der Waals surface area contributed by atoms with E-state index in [9.17, 15) is 4.79 Å². The highest BCUT2D eigenvalue weighted by molar-refractivity contribution is 5.92. The lowest BCUT2D eigenvalue weighted by Gasteiger charge is -2.19. The van der Waals surface area contributed by atoms with E-state index in [1.807, 2.05) is 32.0 Å². The van der Waals surface area contributed by atoms with Crippen molar-refractivity contribution >= 4 is 5.97 Å². The highest BCUT2D eigenvalue weighted by Gasteiger charge is 2.17. The van der Waals surface area contributed by atoms with E-state index in [0.717, 1.165) is 5.56 Å². The molecule has 0 aliphatic heterocycles. The zero-order valence-electron chi connectivity index (χ0n) is 17.4. The molecule has 2 aromatic carbocycles. The Labute approximate surface area is 171 Å². The van der Waals surface area contributed by atoms with Crippen molar-refractivity contribution in [2.75, 3.05) is 34.9 Å². The smallest absolute Gasteiger partial charge is 0.339 e. The number of rotatable bonds is 8. The third-order valence-corrected chi connectivity index (χ3v) is 4.02. The molecule has 0 unspecified atom stereocenters. The number of hydrogen-bond acceptors (Lipinski definition) is 6. The van der Waals surface area contributed by atoms with E-state index in [-0.39, 0.29) is 19.5 Å². The Balaban J connectivity index is 2.51. The van der Waals surface area contributed by atoms with Crippen LogP contribution in [0.1, 0.15) is 46.8 Å². The molecule has 0 N–H and O–H groups in total. The van der Waals surface area contributed by atoms with Gasteiger partial charge in [-0.1, -0.05) is 37.8 Å². The zero-order valence-corrected chi connectivity index (χ0v) is 17.4. The molecule has 6 heteroatoms. The lowest BCUT2D eigenvalue weighted by atomic mass is 9.98. The van der Waals surface area contributed by atoms with Gasteiger partial charge in [0.25, 0.3) is 0 Å². The molecule has 0 atom stereocenters. The molecule has 0 saturated heterocycles. The Morgan fingerprint density at radius 1 is 0.931 bits per heavy atom. The first-order valence-electron chi connectivity index (χ1n) is 9.12. The first kappa shape index (κ1) is 22.3. The lowest BCUT2D eigenvalue weighted by Crippen LogP contribution is -2.07. The molecular weight excluding hydrogens is 372 g/mol. The van der Waals surface area contributed by atoms with E-state index in [2.05, 4.69) is 11.8 Å². The SMILES string of the molecule is COCOc1cc(C#Cc2ccccc2C(=O)OC)cc(OCOC)c1C(C)C. The fraction of sp³-hybridized carbons (Fsp3) is 0.348. The first-order valence-corrected chi connectivity index (χ1v) is 9.12. The first-order chi connectivity index (χ1) is 14.0. The van der Waals surface area contributed by atoms with Crippen LogP contribution in [0, 0.1) is 11.8 Å². The molecule has 0 aliphatic carbocycles. The molecule has 6 nitrogen and oxygen atoms in total. The molecule has 2 rings (SSSR count). The van der Waals surface area contributed by atoms with Crippen LogP contribution >= 0.6 is 0 Å². The van der Waals surface area contributed by atoms with Gasteiger partial charge in [0.15, 0.2) is 13.6 Å². The van der Waals surface area contributed by atoms with Gasteiger partial charge < -0.3 is 23.7 Å². The molecule has 29 heavy (non-hydrogen) atoms. The maximum atomic E-state index is 12.0. The van der Waals surface area contributed by atoms with E-state index in [1.165, 1.54) is 7.11 Å². The number of carbonyl (C=O) groups is 1. The normalized spacial score (nSPS) is 10.3. The van der Waals surface area contributed by atoms with Gasteiger partial charge in [0.05, 0.1) is 12.7 Å². The Morgan fingerprint density at radius 2 is 1.52 bits per heavy atom. The number of carbonyl (C=O) groups excluding carboxylic acids is 1. The summed E-state index contributed by atoms with van der Waals surface area (Å²) in [6, 6.07) is 10.7. The van der Waals surface area contributed by atoms with E-state index in [0.29, 0.717) is 28.2 Å². The summed E-state index contributed by atoms with van der Waals surface area (Å²) in [5.74, 6) is 7.08. The minimum atomic E-state index is -0.432. The molecule has 0 aromatic heterocycles. The molecular formula is C23H26O6. The monoisotopic (exact) mass is 398 g/mol. The van der Waals surface area contributed by atoms with Crippen LogP contribution < -0.4 is 9.47 Å². The van der Waals surface area contributed by atoms with Crippen molar-refractivity contribution in [3.63, 3.8) is 0 Å². The van der Waals surface area contributed by atoms with Crippen molar-refractivity contribution in [1.29, 1.82) is 0 Å². The molecule has 0 fully saturated rings. The average molecular weight is 398 g/mol. The number of ether oxygens (including phenoxy) is 5. The summed E-state index contributed by atoms with van der Waals surface area (Å²) in [5.41, 5.74) is 2.56. The van der Waals surface area contributed by atoms with E-state index >= 15 is 0 Å². The number of esters is 1. The van der Waals surface area contributed by atoms with Crippen LogP contribution in [0.5, 0.6) is 11.5 Å². The summed E-state index contributed by atoms with van der Waals surface area (Å²) in [4.78, 5) is 12.0. The van der Waals surface area contributed by atoms with Gasteiger partial charge in [0, 0.05) is 30.9 Å². The summed E-state index contributed by atoms with van der Waals surface area (Å²) in [5, 5.41) is 0. The quantitative estimate of drug-likeness (QED) is 0.381. The minimum absolute atomic E-state index is 0.103. The summed E-state index contributed by atoms with van der Waals surface area (Å²) in [6.45, 7) is 4.30. The van der Waals surface area contributed by atoms with E-state index in [4.69, 9.17) is 23.7 Å². The molecule has 0 heterocycles. The number of benzene rings is 2. The molecule has 0 amide bonds. The van der Waals surface area contributed by atoms with Crippen LogP contribution in [-0.4, -0.2) is 40.9 Å². The second kappa shape index (κ2) is 11.1. The predicted octanol–water partition coefficient (Wildman–Crippen LogP) is 3.96. The van der Waals surface area contributed by atoms with Gasteiger partial charge in [0.1, 0.15) is 11.5 Å². The molecule has 154 valence electrons.